The number of rotatable bonds is 6. The molecule has 2 heterocycles. The molecule has 1 aromatic carbocycles. The van der Waals surface area contributed by atoms with E-state index >= 15 is 0 Å². The molecule has 0 aliphatic rings. The molecule has 8 nitrogen and oxygen atoms in total. The van der Waals surface area contributed by atoms with Crippen molar-refractivity contribution < 1.29 is 9.21 Å². The predicted molar refractivity (Wildman–Crippen MR) is 85.4 cm³/mol. The fourth-order valence-electron chi connectivity index (χ4n) is 2.36. The van der Waals surface area contributed by atoms with Crippen LogP contribution in [0, 0.1) is 5.92 Å². The van der Waals surface area contributed by atoms with Gasteiger partial charge in [-0.1, -0.05) is 25.1 Å². The minimum absolute atomic E-state index is 0.0232. The van der Waals surface area contributed by atoms with Gasteiger partial charge in [-0.15, -0.1) is 10.2 Å². The first-order valence-corrected chi connectivity index (χ1v) is 7.58. The monoisotopic (exact) mass is 326 g/mol. The van der Waals surface area contributed by atoms with Crippen LogP contribution >= 0.6 is 0 Å². The molecule has 24 heavy (non-hydrogen) atoms. The van der Waals surface area contributed by atoms with Crippen LogP contribution in [0.1, 0.15) is 12.8 Å². The van der Waals surface area contributed by atoms with Crippen molar-refractivity contribution in [3.05, 3.63) is 48.9 Å². The van der Waals surface area contributed by atoms with E-state index in [9.17, 15) is 4.79 Å². The molecule has 124 valence electrons. The lowest BCUT2D eigenvalue weighted by Gasteiger charge is -2.19. The molecule has 3 rings (SSSR count). The van der Waals surface area contributed by atoms with Crippen LogP contribution in [0.5, 0.6) is 0 Å². The van der Waals surface area contributed by atoms with Crippen LogP contribution in [0.3, 0.4) is 0 Å². The molecule has 2 aromatic heterocycles. The minimum Gasteiger partial charge on any atom is -0.419 e. The van der Waals surface area contributed by atoms with E-state index in [1.54, 1.807) is 23.0 Å². The zero-order valence-corrected chi connectivity index (χ0v) is 13.5. The number of carbonyl (C=O) groups is 1. The average Bonchev–Trinajstić information content (AvgIpc) is 3.27. The van der Waals surface area contributed by atoms with E-state index in [1.165, 1.54) is 6.33 Å². The highest BCUT2D eigenvalue weighted by Crippen LogP contribution is 2.17. The summed E-state index contributed by atoms with van der Waals surface area (Å²) >= 11 is 0. The van der Waals surface area contributed by atoms with Crippen LogP contribution in [-0.4, -0.2) is 42.8 Å². The Hall–Kier alpha value is -3.03. The Morgan fingerprint density at radius 2 is 2.08 bits per heavy atom. The summed E-state index contributed by atoms with van der Waals surface area (Å²) in [6, 6.07) is 9.52. The van der Waals surface area contributed by atoms with Gasteiger partial charge in [0.1, 0.15) is 12.7 Å². The van der Waals surface area contributed by atoms with Crippen molar-refractivity contribution >= 4 is 5.91 Å². The Morgan fingerprint density at radius 3 is 2.79 bits per heavy atom. The van der Waals surface area contributed by atoms with Gasteiger partial charge in [0.15, 0.2) is 0 Å². The van der Waals surface area contributed by atoms with Crippen LogP contribution in [0.15, 0.2) is 47.4 Å². The molecule has 0 bridgehead atoms. The van der Waals surface area contributed by atoms with E-state index in [1.807, 2.05) is 37.3 Å². The molecular formula is C16H18N6O2. The molecule has 0 N–H and O–H groups in total. The van der Waals surface area contributed by atoms with Gasteiger partial charge in [0.25, 0.3) is 0 Å². The maximum absolute atomic E-state index is 12.4. The second-order valence-corrected chi connectivity index (χ2v) is 5.58. The maximum Gasteiger partial charge on any atom is 0.247 e. The Morgan fingerprint density at radius 1 is 1.29 bits per heavy atom. The highest BCUT2D eigenvalue weighted by atomic mass is 16.4. The fraction of sp³-hybridized carbons (Fsp3) is 0.312. The lowest BCUT2D eigenvalue weighted by molar-refractivity contribution is -0.135. The molecule has 0 aliphatic heterocycles. The lowest BCUT2D eigenvalue weighted by Crippen LogP contribution is -2.33. The highest BCUT2D eigenvalue weighted by molar-refractivity contribution is 5.78. The average molecular weight is 326 g/mol. The third kappa shape index (κ3) is 3.65. The zero-order chi connectivity index (χ0) is 16.9. The molecule has 3 aromatic rings. The first-order valence-electron chi connectivity index (χ1n) is 7.58. The van der Waals surface area contributed by atoms with E-state index in [-0.39, 0.29) is 18.4 Å². The summed E-state index contributed by atoms with van der Waals surface area (Å²) in [5, 5.41) is 12.1. The molecule has 0 aliphatic carbocycles. The predicted octanol–water partition coefficient (Wildman–Crippen LogP) is 1.62. The SMILES string of the molecule is CC(Cn1cncn1)C(=O)N(C)Cc1nnc(-c2ccccc2)o1. The Balaban J connectivity index is 1.61. The van der Waals surface area contributed by atoms with E-state index in [0.29, 0.717) is 18.3 Å². The smallest absolute Gasteiger partial charge is 0.247 e. The highest BCUT2D eigenvalue weighted by Gasteiger charge is 2.20. The van der Waals surface area contributed by atoms with Gasteiger partial charge in [-0.05, 0) is 12.1 Å². The van der Waals surface area contributed by atoms with Gasteiger partial charge < -0.3 is 9.32 Å². The molecule has 8 heteroatoms. The van der Waals surface area contributed by atoms with Crippen LogP contribution in [-0.2, 0) is 17.9 Å². The number of benzene rings is 1. The summed E-state index contributed by atoms with van der Waals surface area (Å²) in [6.07, 6.45) is 3.04. The number of hydrogen-bond acceptors (Lipinski definition) is 6. The fourth-order valence-corrected chi connectivity index (χ4v) is 2.36. The van der Waals surface area contributed by atoms with Gasteiger partial charge in [0, 0.05) is 12.6 Å². The molecule has 0 saturated heterocycles. The van der Waals surface area contributed by atoms with Crippen LogP contribution in [0.4, 0.5) is 0 Å². The van der Waals surface area contributed by atoms with Crippen molar-refractivity contribution in [2.45, 2.75) is 20.0 Å². The summed E-state index contributed by atoms with van der Waals surface area (Å²) in [7, 11) is 1.71. The second kappa shape index (κ2) is 7.03. The maximum atomic E-state index is 12.4. The normalized spacial score (nSPS) is 12.1. The Kier molecular flexibility index (Phi) is 4.64. The topological polar surface area (TPSA) is 89.9 Å². The lowest BCUT2D eigenvalue weighted by atomic mass is 10.1. The molecule has 0 radical (unpaired) electrons. The van der Waals surface area contributed by atoms with Crippen LogP contribution < -0.4 is 0 Å². The van der Waals surface area contributed by atoms with Gasteiger partial charge in [0.05, 0.1) is 19.0 Å². The molecule has 0 spiro atoms. The third-order valence-corrected chi connectivity index (χ3v) is 3.59. The van der Waals surface area contributed by atoms with E-state index in [2.05, 4.69) is 20.3 Å². The largest absolute Gasteiger partial charge is 0.419 e. The van der Waals surface area contributed by atoms with Crippen molar-refractivity contribution in [1.29, 1.82) is 0 Å². The molecule has 1 atom stereocenters. The van der Waals surface area contributed by atoms with Crippen molar-refractivity contribution in [3.63, 3.8) is 0 Å². The van der Waals surface area contributed by atoms with Crippen LogP contribution in [0.2, 0.25) is 0 Å². The quantitative estimate of drug-likeness (QED) is 0.684. The number of aromatic nitrogens is 5. The summed E-state index contributed by atoms with van der Waals surface area (Å²) in [5.41, 5.74) is 0.852. The summed E-state index contributed by atoms with van der Waals surface area (Å²) < 4.78 is 7.27. The first kappa shape index (κ1) is 15.9. The van der Waals surface area contributed by atoms with Gasteiger partial charge in [-0.2, -0.15) is 5.10 Å². The van der Waals surface area contributed by atoms with E-state index in [0.717, 1.165) is 5.56 Å². The van der Waals surface area contributed by atoms with Crippen molar-refractivity contribution in [2.24, 2.45) is 5.92 Å². The van der Waals surface area contributed by atoms with Crippen LogP contribution in [0.25, 0.3) is 11.5 Å². The Labute approximate surface area is 139 Å². The molecular weight excluding hydrogens is 308 g/mol. The minimum atomic E-state index is -0.229. The van der Waals surface area contributed by atoms with E-state index < -0.39 is 0 Å². The molecule has 0 saturated carbocycles. The van der Waals surface area contributed by atoms with Crippen molar-refractivity contribution in [3.8, 4) is 11.5 Å². The summed E-state index contributed by atoms with van der Waals surface area (Å²) in [6.45, 7) is 2.59. The number of amides is 1. The summed E-state index contributed by atoms with van der Waals surface area (Å²) in [5.74, 6) is 0.595. The van der Waals surface area contributed by atoms with Crippen molar-refractivity contribution in [2.75, 3.05) is 7.05 Å². The van der Waals surface area contributed by atoms with Gasteiger partial charge in [0.2, 0.25) is 17.7 Å². The van der Waals surface area contributed by atoms with E-state index in [4.69, 9.17) is 4.42 Å². The van der Waals surface area contributed by atoms with Gasteiger partial charge in [-0.25, -0.2) is 4.98 Å². The Bertz CT molecular complexity index is 784. The summed E-state index contributed by atoms with van der Waals surface area (Å²) in [4.78, 5) is 17.9. The molecule has 1 amide bonds. The zero-order valence-electron chi connectivity index (χ0n) is 13.5. The van der Waals surface area contributed by atoms with Gasteiger partial charge >= 0.3 is 0 Å². The third-order valence-electron chi connectivity index (χ3n) is 3.59. The van der Waals surface area contributed by atoms with Crippen molar-refractivity contribution in [1.82, 2.24) is 29.9 Å². The molecule has 0 fully saturated rings. The second-order valence-electron chi connectivity index (χ2n) is 5.58. The molecule has 1 unspecified atom stereocenters. The number of carbonyl (C=O) groups excluding carboxylic acids is 1. The number of nitrogens with zero attached hydrogens (tertiary/aromatic N) is 6. The standard InChI is InChI=1S/C16H18N6O2/c1-12(8-22-11-17-10-18-22)16(23)21(2)9-14-19-20-15(24-14)13-6-4-3-5-7-13/h3-7,10-12H,8-9H2,1-2H3. The first-order chi connectivity index (χ1) is 11.6. The van der Waals surface area contributed by atoms with Gasteiger partial charge in [-0.3, -0.25) is 9.48 Å². The number of hydrogen-bond donors (Lipinski definition) is 0.